The number of aryl methyl sites for hydroxylation is 1. The number of benzene rings is 1. The van der Waals surface area contributed by atoms with Crippen molar-refractivity contribution in [1.82, 2.24) is 4.98 Å². The fourth-order valence-corrected chi connectivity index (χ4v) is 4.49. The van der Waals surface area contributed by atoms with Crippen molar-refractivity contribution in [2.75, 3.05) is 31.4 Å². The van der Waals surface area contributed by atoms with Crippen LogP contribution in [0.3, 0.4) is 0 Å². The number of anilines is 1. The van der Waals surface area contributed by atoms with Crippen LogP contribution in [0.2, 0.25) is 0 Å². The molecule has 0 aliphatic heterocycles. The second kappa shape index (κ2) is 26.5. The number of ether oxygens (including phenoxy) is 1. The predicted octanol–water partition coefficient (Wildman–Crippen LogP) is 11.1. The highest BCUT2D eigenvalue weighted by atomic mass is 19.1. The van der Waals surface area contributed by atoms with Crippen LogP contribution in [-0.2, 0) is 4.74 Å². The zero-order valence-electron chi connectivity index (χ0n) is 30.3. The molecule has 1 aromatic carbocycles. The van der Waals surface area contributed by atoms with Crippen LogP contribution in [0.1, 0.15) is 116 Å². The molecule has 1 aromatic heterocycles. The number of aliphatic hydroxyl groups excluding tert-OH is 1. The van der Waals surface area contributed by atoms with E-state index in [0.717, 1.165) is 54.9 Å². The molecule has 1 unspecified atom stereocenters. The Morgan fingerprint density at radius 1 is 1.13 bits per heavy atom. The van der Waals surface area contributed by atoms with Crippen LogP contribution in [0.15, 0.2) is 84.1 Å². The first-order chi connectivity index (χ1) is 22.7. The molecule has 2 aromatic rings. The van der Waals surface area contributed by atoms with Gasteiger partial charge in [0.1, 0.15) is 18.8 Å². The topological polar surface area (TPSA) is 45.6 Å². The van der Waals surface area contributed by atoms with Crippen molar-refractivity contribution in [3.63, 3.8) is 0 Å². The molecular formula is C41H60F2N2O2. The van der Waals surface area contributed by atoms with Crippen LogP contribution in [0.4, 0.5) is 14.5 Å². The number of hydrogen-bond acceptors (Lipinski definition) is 4. The van der Waals surface area contributed by atoms with Crippen molar-refractivity contribution in [3.8, 4) is 12.3 Å². The van der Waals surface area contributed by atoms with Gasteiger partial charge in [0.2, 0.25) is 0 Å². The fraction of sp³-hybridized carbons (Fsp3) is 0.488. The summed E-state index contributed by atoms with van der Waals surface area (Å²) in [5.74, 6) is 3.20. The van der Waals surface area contributed by atoms with Gasteiger partial charge in [-0.25, -0.2) is 8.78 Å². The Kier molecular flexibility index (Phi) is 24.5. The van der Waals surface area contributed by atoms with Crippen molar-refractivity contribution < 1.29 is 18.6 Å². The lowest BCUT2D eigenvalue weighted by atomic mass is 10.1. The summed E-state index contributed by atoms with van der Waals surface area (Å²) in [4.78, 5) is 6.17. The van der Waals surface area contributed by atoms with Gasteiger partial charge in [0.15, 0.2) is 0 Å². The van der Waals surface area contributed by atoms with Gasteiger partial charge in [0, 0.05) is 42.7 Å². The lowest BCUT2D eigenvalue weighted by Gasteiger charge is -2.24. The summed E-state index contributed by atoms with van der Waals surface area (Å²) in [7, 11) is 0. The van der Waals surface area contributed by atoms with E-state index < -0.39 is 6.17 Å². The predicted molar refractivity (Wildman–Crippen MR) is 198 cm³/mol. The van der Waals surface area contributed by atoms with Crippen LogP contribution < -0.4 is 4.90 Å². The Hall–Kier alpha value is -3.53. The normalized spacial score (nSPS) is 14.6. The number of aliphatic hydroxyl groups is 1. The molecule has 4 rings (SSSR count). The van der Waals surface area contributed by atoms with Gasteiger partial charge < -0.3 is 14.7 Å². The number of allylic oxidation sites excluding steroid dienone is 7. The van der Waals surface area contributed by atoms with Gasteiger partial charge in [-0.1, -0.05) is 83.6 Å². The molecule has 0 bridgehead atoms. The molecule has 1 atom stereocenters. The number of pyridine rings is 1. The highest BCUT2D eigenvalue weighted by Crippen LogP contribution is 2.41. The Morgan fingerprint density at radius 3 is 2.19 bits per heavy atom. The van der Waals surface area contributed by atoms with Gasteiger partial charge in [-0.3, -0.25) is 4.98 Å². The molecule has 6 heteroatoms. The Bertz CT molecular complexity index is 1260. The smallest absolute Gasteiger partial charge is 0.146 e. The number of rotatable bonds is 11. The van der Waals surface area contributed by atoms with Crippen LogP contribution in [0.5, 0.6) is 0 Å². The fourth-order valence-electron chi connectivity index (χ4n) is 4.49. The maximum atomic E-state index is 14.1. The molecule has 1 heterocycles. The molecule has 47 heavy (non-hydrogen) atoms. The van der Waals surface area contributed by atoms with Crippen molar-refractivity contribution in [2.45, 2.75) is 106 Å². The highest BCUT2D eigenvalue weighted by molar-refractivity contribution is 5.59. The quantitative estimate of drug-likeness (QED) is 0.194. The molecule has 260 valence electrons. The van der Waals surface area contributed by atoms with E-state index in [2.05, 4.69) is 53.1 Å². The summed E-state index contributed by atoms with van der Waals surface area (Å²) in [6.45, 7) is 22.1. The molecule has 2 aliphatic carbocycles. The molecule has 4 nitrogen and oxygen atoms in total. The zero-order chi connectivity index (χ0) is 35.6. The third kappa shape index (κ3) is 17.3. The zero-order valence-corrected chi connectivity index (χ0v) is 30.3. The molecule has 1 N–H and O–H groups in total. The number of alkyl halides is 1. The van der Waals surface area contributed by atoms with E-state index in [1.54, 1.807) is 18.3 Å². The van der Waals surface area contributed by atoms with Crippen molar-refractivity contribution in [1.29, 1.82) is 0 Å². The monoisotopic (exact) mass is 650 g/mol. The Labute approximate surface area is 285 Å². The number of terminal acetylenes is 1. The molecule has 0 amide bonds. The minimum absolute atomic E-state index is 0.0451. The van der Waals surface area contributed by atoms with E-state index in [4.69, 9.17) is 11.5 Å². The summed E-state index contributed by atoms with van der Waals surface area (Å²) >= 11 is 0. The van der Waals surface area contributed by atoms with Gasteiger partial charge >= 0.3 is 0 Å². The Balaban J connectivity index is 0.000000628. The van der Waals surface area contributed by atoms with Gasteiger partial charge in [-0.05, 0) is 100 Å². The summed E-state index contributed by atoms with van der Waals surface area (Å²) < 4.78 is 31.4. The lowest BCUT2D eigenvalue weighted by molar-refractivity contribution is 0.00539. The standard InChI is InChI=1S/C15H22FN.C12H12.C9H12FN.C3H8O2.C2H6/c1-3-9-17(10-4-2)15-8-7-13(11-14(15)16)12-5-6-12;1-4-6-7-12-9-8-11(5-2)10(12)3;1-3-9(10)8-5-4-7(2)11-6-8;1-2-5-3-4;1-2/h7-8,11-12H,3-6,9-10H2,1-2H3;2,4,6-8H,3,9H2,1H3;4-6,9H,3H2,1-2H3;4H,2-3H2,1H3;1-2H3/b;6-4-,12-7-;;;. The van der Waals surface area contributed by atoms with Crippen LogP contribution in [0, 0.1) is 25.1 Å². The van der Waals surface area contributed by atoms with Crippen LogP contribution in [0.25, 0.3) is 0 Å². The van der Waals surface area contributed by atoms with Crippen LogP contribution in [-0.4, -0.2) is 36.6 Å². The first-order valence-electron chi connectivity index (χ1n) is 17.2. The second-order valence-electron chi connectivity index (χ2n) is 10.9. The average molecular weight is 651 g/mol. The van der Waals surface area contributed by atoms with E-state index in [1.165, 1.54) is 24.0 Å². The summed E-state index contributed by atoms with van der Waals surface area (Å²) in [6, 6.07) is 9.43. The van der Waals surface area contributed by atoms with Crippen molar-refractivity contribution >= 4 is 5.69 Å². The number of nitrogens with zero attached hydrogens (tertiary/aromatic N) is 2. The second-order valence-corrected chi connectivity index (χ2v) is 10.9. The Morgan fingerprint density at radius 2 is 1.79 bits per heavy atom. The highest BCUT2D eigenvalue weighted by Gasteiger charge is 2.24. The van der Waals surface area contributed by atoms with E-state index in [-0.39, 0.29) is 12.6 Å². The third-order valence-electron chi connectivity index (χ3n) is 7.18. The molecular weight excluding hydrogens is 590 g/mol. The summed E-state index contributed by atoms with van der Waals surface area (Å²) in [6.07, 6.45) is 20.1. The molecule has 0 radical (unpaired) electrons. The average Bonchev–Trinajstić information content (AvgIpc) is 3.88. The molecule has 0 spiro atoms. The molecule has 2 aliphatic rings. The minimum Gasteiger partial charge on any atom is -0.371 e. The van der Waals surface area contributed by atoms with Crippen molar-refractivity contribution in [2.24, 2.45) is 0 Å². The van der Waals surface area contributed by atoms with E-state index in [1.807, 2.05) is 71.9 Å². The van der Waals surface area contributed by atoms with E-state index in [0.29, 0.717) is 24.5 Å². The SMILES string of the molecule is C#CC1=CC/C(=C/C=C\C)C1=C.CC.CCC(F)c1ccc(C)nc1.CCCN(CCC)c1ccc(C2CC2)cc1F.CCOCO. The number of hydrogen-bond donors (Lipinski definition) is 1. The van der Waals surface area contributed by atoms with Gasteiger partial charge in [0.25, 0.3) is 0 Å². The summed E-state index contributed by atoms with van der Waals surface area (Å²) in [5, 5.41) is 7.84. The minimum atomic E-state index is -0.858. The molecule has 1 saturated carbocycles. The maximum absolute atomic E-state index is 14.1. The third-order valence-corrected chi connectivity index (χ3v) is 7.18. The van der Waals surface area contributed by atoms with Gasteiger partial charge in [-0.15, -0.1) is 6.42 Å². The van der Waals surface area contributed by atoms with Gasteiger partial charge in [0.05, 0.1) is 5.69 Å². The van der Waals surface area contributed by atoms with Crippen LogP contribution >= 0.6 is 0 Å². The first-order valence-corrected chi connectivity index (χ1v) is 17.2. The number of aromatic nitrogens is 1. The largest absolute Gasteiger partial charge is 0.371 e. The van der Waals surface area contributed by atoms with E-state index >= 15 is 0 Å². The first kappa shape index (κ1) is 43.5. The van der Waals surface area contributed by atoms with Crippen molar-refractivity contribution in [3.05, 3.63) is 107 Å². The van der Waals surface area contributed by atoms with Gasteiger partial charge in [-0.2, -0.15) is 0 Å². The molecule has 1 fully saturated rings. The molecule has 0 saturated heterocycles. The lowest BCUT2D eigenvalue weighted by Crippen LogP contribution is -2.25. The van der Waals surface area contributed by atoms with E-state index in [9.17, 15) is 8.78 Å². The maximum Gasteiger partial charge on any atom is 0.146 e. The summed E-state index contributed by atoms with van der Waals surface area (Å²) in [5.41, 5.74) is 6.72. The number of halogens is 2.